The average Bonchev–Trinajstić information content (AvgIpc) is 1.00. The summed E-state index contributed by atoms with van der Waals surface area (Å²) in [5, 5.41) is 12.0. The molecule has 0 aliphatic rings. The summed E-state index contributed by atoms with van der Waals surface area (Å²) in [6.07, 6.45) is 0. The van der Waals surface area contributed by atoms with Crippen LogP contribution >= 0.6 is 0 Å². The van der Waals surface area contributed by atoms with E-state index in [2.05, 4.69) is 0 Å². The molecule has 0 saturated carbocycles. The van der Waals surface area contributed by atoms with E-state index >= 15 is 0 Å². The minimum Gasteiger partial charge on any atom is -0.255 e. The molecule has 0 aromatic carbocycles. The predicted octanol–water partition coefficient (Wildman–Crippen LogP) is -0.747. The molecule has 0 unspecified atom stereocenters. The van der Waals surface area contributed by atoms with Crippen LogP contribution in [0.25, 0.3) is 0 Å². The standard InChI is InChI=1S/H2O2.Ti.2Tl/c1-2;;;/h1-2H;;;. The maximum absolute atomic E-state index is 6.00. The molecular weight excluding hydrogens is 489 g/mol. The Labute approximate surface area is 85.5 Å². The Morgan fingerprint density at radius 1 is 0.800 bits per heavy atom. The van der Waals surface area contributed by atoms with E-state index in [1.54, 1.807) is 0 Å². The third-order valence-corrected chi connectivity index (χ3v) is 0. The number of rotatable bonds is 0. The van der Waals surface area contributed by atoms with Gasteiger partial charge in [0.15, 0.2) is 0 Å². The van der Waals surface area contributed by atoms with Crippen LogP contribution in [0, 0.1) is 0 Å². The van der Waals surface area contributed by atoms with Crippen molar-refractivity contribution in [3.8, 4) is 0 Å². The first-order valence-corrected chi connectivity index (χ1v) is 0.200. The molecule has 0 aromatic heterocycles. The Morgan fingerprint density at radius 3 is 0.800 bits per heavy atom. The Kier molecular flexibility index (Phi) is 164. The van der Waals surface area contributed by atoms with Gasteiger partial charge in [-0.3, -0.25) is 10.5 Å². The molecule has 5 heavy (non-hydrogen) atoms. The number of hydrogen-bond donors (Lipinski definition) is 2. The van der Waals surface area contributed by atoms with Crippen molar-refractivity contribution in [3.05, 3.63) is 0 Å². The predicted molar refractivity (Wildman–Crippen MR) is 16.8 cm³/mol. The summed E-state index contributed by atoms with van der Waals surface area (Å²) in [6, 6.07) is 0. The molecule has 0 aliphatic heterocycles. The van der Waals surface area contributed by atoms with Gasteiger partial charge in [0.05, 0.1) is 0 Å². The van der Waals surface area contributed by atoms with E-state index in [1.165, 1.54) is 0 Å². The topological polar surface area (TPSA) is 40.5 Å². The van der Waals surface area contributed by atoms with E-state index in [4.69, 9.17) is 10.5 Å². The summed E-state index contributed by atoms with van der Waals surface area (Å²) >= 11 is 0. The summed E-state index contributed by atoms with van der Waals surface area (Å²) in [6.45, 7) is 0. The van der Waals surface area contributed by atoms with Gasteiger partial charge in [0.25, 0.3) is 0 Å². The molecule has 0 atom stereocenters. The van der Waals surface area contributed by atoms with Gasteiger partial charge in [-0.05, 0) is 0 Å². The molecule has 2 radical (unpaired) electrons. The minimum absolute atomic E-state index is 0. The Balaban J connectivity index is -0.00000000167. The molecule has 2 N–H and O–H groups in total. The van der Waals surface area contributed by atoms with Crippen molar-refractivity contribution in [2.24, 2.45) is 0 Å². The van der Waals surface area contributed by atoms with Crippen LogP contribution in [-0.2, 0) is 21.7 Å². The van der Waals surface area contributed by atoms with E-state index in [0.717, 1.165) is 0 Å². The molecule has 0 spiro atoms. The monoisotopic (exact) mass is 492 g/mol. The summed E-state index contributed by atoms with van der Waals surface area (Å²) in [4.78, 5) is 0. The molecule has 0 fully saturated rings. The molecule has 0 saturated heterocycles. The molecule has 0 aromatic rings. The van der Waals surface area contributed by atoms with Crippen LogP contribution in [0.4, 0.5) is 0 Å². The molecule has 0 bridgehead atoms. The van der Waals surface area contributed by atoms with Crippen molar-refractivity contribution in [3.63, 3.8) is 0 Å². The molecule has 2 nitrogen and oxygen atoms in total. The Morgan fingerprint density at radius 2 is 0.800 bits per heavy atom. The van der Waals surface area contributed by atoms with E-state index in [0.29, 0.717) is 0 Å². The van der Waals surface area contributed by atoms with Gasteiger partial charge in [0, 0.05) is 76.3 Å². The van der Waals surface area contributed by atoms with E-state index < -0.39 is 0 Å². The second-order valence-electron chi connectivity index (χ2n) is 0. The van der Waals surface area contributed by atoms with Crippen LogP contribution in [0.15, 0.2) is 0 Å². The first-order chi connectivity index (χ1) is 1.00. The largest absolute Gasteiger partial charge is 0.255 e. The third-order valence-electron chi connectivity index (χ3n) is 0. The van der Waals surface area contributed by atoms with Gasteiger partial charge < -0.3 is 0 Å². The van der Waals surface area contributed by atoms with Crippen molar-refractivity contribution in [2.45, 2.75) is 0 Å². The fourth-order valence-corrected chi connectivity index (χ4v) is 0. The second-order valence-corrected chi connectivity index (χ2v) is 0. The quantitative estimate of drug-likeness (QED) is 0.267. The van der Waals surface area contributed by atoms with Crippen LogP contribution in [0.2, 0.25) is 0 Å². The van der Waals surface area contributed by atoms with Crippen molar-refractivity contribution in [1.29, 1.82) is 0 Å². The number of hydrogen-bond acceptors (Lipinski definition) is 2. The summed E-state index contributed by atoms with van der Waals surface area (Å²) in [5.41, 5.74) is 0. The van der Waals surface area contributed by atoms with E-state index in [1.807, 2.05) is 0 Å². The maximum atomic E-state index is 6.00. The van der Waals surface area contributed by atoms with Gasteiger partial charge in [-0.15, -0.1) is 0 Å². The zero-order valence-electron chi connectivity index (χ0n) is 2.55. The molecule has 0 amide bonds. The van der Waals surface area contributed by atoms with Crippen LogP contribution in [0.5, 0.6) is 0 Å². The van der Waals surface area contributed by atoms with Crippen LogP contribution in [-0.4, -0.2) is 65.1 Å². The van der Waals surface area contributed by atoms with Crippen molar-refractivity contribution in [1.82, 2.24) is 0 Å². The van der Waals surface area contributed by atoms with Crippen LogP contribution in [0.1, 0.15) is 0 Å². The molecule has 24 valence electrons. The van der Waals surface area contributed by atoms with E-state index in [-0.39, 0.29) is 76.3 Å². The van der Waals surface area contributed by atoms with Gasteiger partial charge in [0.1, 0.15) is 0 Å². The third kappa shape index (κ3) is 21.2. The van der Waals surface area contributed by atoms with Gasteiger partial charge in [-0.2, -0.15) is 0 Å². The molecule has 5 heteroatoms. The zero-order chi connectivity index (χ0) is 2.00. The Bertz CT molecular complexity index is 7.61. The van der Waals surface area contributed by atoms with Crippen LogP contribution < -0.4 is 0 Å². The van der Waals surface area contributed by atoms with Crippen molar-refractivity contribution >= 4 is 54.6 Å². The van der Waals surface area contributed by atoms with E-state index in [9.17, 15) is 0 Å². The van der Waals surface area contributed by atoms with Crippen LogP contribution in [0.3, 0.4) is 0 Å². The fraction of sp³-hybridized carbons (Fsp3) is 0. The SMILES string of the molecule is OO.[Ti].[Tl].[Tl]. The van der Waals surface area contributed by atoms with Gasteiger partial charge in [0.2, 0.25) is 0 Å². The normalized spacial score (nSPS) is 1.20. The van der Waals surface area contributed by atoms with Crippen molar-refractivity contribution in [2.75, 3.05) is 0 Å². The zero-order valence-corrected chi connectivity index (χ0v) is 13.1. The average molecular weight is 491 g/mol. The first-order valence-electron chi connectivity index (χ1n) is 0.200. The first kappa shape index (κ1) is 25.9. The summed E-state index contributed by atoms with van der Waals surface area (Å²) in [7, 11) is 0. The minimum atomic E-state index is 0. The smallest absolute Gasteiger partial charge is 0 e. The van der Waals surface area contributed by atoms with Gasteiger partial charge in [-0.25, -0.2) is 0 Å². The van der Waals surface area contributed by atoms with Crippen molar-refractivity contribution < 1.29 is 32.2 Å². The molecule has 0 heterocycles. The maximum Gasteiger partial charge on any atom is 0 e. The Hall–Kier alpha value is 2.48. The molecule has 0 rings (SSSR count). The van der Waals surface area contributed by atoms with Gasteiger partial charge >= 0.3 is 0 Å². The molecule has 0 aliphatic carbocycles. The second kappa shape index (κ2) is 31.7. The summed E-state index contributed by atoms with van der Waals surface area (Å²) in [5.74, 6) is 0. The molecular formula is H2O2TiTl2. The fourth-order valence-electron chi connectivity index (χ4n) is 0. The van der Waals surface area contributed by atoms with Gasteiger partial charge in [-0.1, -0.05) is 0 Å². The summed E-state index contributed by atoms with van der Waals surface area (Å²) < 4.78 is 0.